The summed E-state index contributed by atoms with van der Waals surface area (Å²) >= 11 is 0. The van der Waals surface area contributed by atoms with Gasteiger partial charge in [0, 0.05) is 11.1 Å². The lowest BCUT2D eigenvalue weighted by atomic mass is 10.1. The van der Waals surface area contributed by atoms with Gasteiger partial charge in [-0.05, 0) is 19.1 Å². The van der Waals surface area contributed by atoms with E-state index in [9.17, 15) is 4.79 Å². The zero-order valence-electron chi connectivity index (χ0n) is 7.50. The highest BCUT2D eigenvalue weighted by Gasteiger charge is 2.06. The molecular weight excluding hydrogens is 166 g/mol. The summed E-state index contributed by atoms with van der Waals surface area (Å²) in [4.78, 5) is 10.6. The van der Waals surface area contributed by atoms with Gasteiger partial charge < -0.3 is 4.74 Å². The highest BCUT2D eigenvalue weighted by molar-refractivity contribution is 5.79. The summed E-state index contributed by atoms with van der Waals surface area (Å²) in [6.45, 7) is 1.78. The van der Waals surface area contributed by atoms with E-state index in [4.69, 9.17) is 10.00 Å². The Morgan fingerprint density at radius 1 is 1.54 bits per heavy atom. The summed E-state index contributed by atoms with van der Waals surface area (Å²) in [5.74, 6) is 0.571. The second-order valence-corrected chi connectivity index (χ2v) is 2.62. The largest absolute Gasteiger partial charge is 0.496 e. The summed E-state index contributed by atoms with van der Waals surface area (Å²) in [6, 6.07) is 5.12. The number of carbonyl (C=O) groups excluding carboxylic acids is 1. The van der Waals surface area contributed by atoms with E-state index < -0.39 is 0 Å². The molecule has 3 nitrogen and oxygen atoms in total. The van der Waals surface area contributed by atoms with Crippen LogP contribution in [0.4, 0.5) is 0 Å². The summed E-state index contributed by atoms with van der Waals surface area (Å²) < 4.78 is 5.02. The molecule has 0 N–H and O–H groups in total. The van der Waals surface area contributed by atoms with Crippen LogP contribution in [0, 0.1) is 18.3 Å². The summed E-state index contributed by atoms with van der Waals surface area (Å²) in [6.07, 6.45) is 0.721. The number of nitriles is 1. The SMILES string of the molecule is COc1cc(C#N)cc(C=O)c1C. The average Bonchev–Trinajstić information content (AvgIpc) is 2.18. The van der Waals surface area contributed by atoms with Gasteiger partial charge in [-0.3, -0.25) is 4.79 Å². The molecule has 0 unspecified atom stereocenters. The Balaban J connectivity index is 3.39. The van der Waals surface area contributed by atoms with E-state index >= 15 is 0 Å². The molecule has 0 radical (unpaired) electrons. The highest BCUT2D eigenvalue weighted by atomic mass is 16.5. The fourth-order valence-corrected chi connectivity index (χ4v) is 1.11. The molecule has 0 saturated carbocycles. The van der Waals surface area contributed by atoms with Gasteiger partial charge in [0.25, 0.3) is 0 Å². The molecule has 1 aromatic rings. The van der Waals surface area contributed by atoms with Gasteiger partial charge in [-0.1, -0.05) is 0 Å². The molecule has 13 heavy (non-hydrogen) atoms. The van der Waals surface area contributed by atoms with Crippen molar-refractivity contribution in [2.24, 2.45) is 0 Å². The van der Waals surface area contributed by atoms with Crippen LogP contribution in [0.3, 0.4) is 0 Å². The first kappa shape index (κ1) is 9.27. The smallest absolute Gasteiger partial charge is 0.150 e. The Hall–Kier alpha value is -1.82. The normalized spacial score (nSPS) is 9.00. The van der Waals surface area contributed by atoms with Crippen molar-refractivity contribution in [3.8, 4) is 11.8 Å². The number of hydrogen-bond donors (Lipinski definition) is 0. The number of hydrogen-bond acceptors (Lipinski definition) is 3. The predicted octanol–water partition coefficient (Wildman–Crippen LogP) is 1.69. The maximum absolute atomic E-state index is 10.6. The number of ether oxygens (including phenoxy) is 1. The van der Waals surface area contributed by atoms with Gasteiger partial charge in [0.2, 0.25) is 0 Å². The number of aldehydes is 1. The number of rotatable bonds is 2. The van der Waals surface area contributed by atoms with Crippen LogP contribution in [-0.2, 0) is 0 Å². The lowest BCUT2D eigenvalue weighted by Crippen LogP contribution is -1.94. The molecule has 0 aliphatic carbocycles. The first-order chi connectivity index (χ1) is 6.22. The van der Waals surface area contributed by atoms with Gasteiger partial charge >= 0.3 is 0 Å². The van der Waals surface area contributed by atoms with Crippen molar-refractivity contribution in [1.29, 1.82) is 5.26 Å². The van der Waals surface area contributed by atoms with Crippen LogP contribution in [0.1, 0.15) is 21.5 Å². The van der Waals surface area contributed by atoms with Gasteiger partial charge in [-0.2, -0.15) is 5.26 Å². The molecule has 0 heterocycles. The Morgan fingerprint density at radius 3 is 2.69 bits per heavy atom. The molecule has 0 spiro atoms. The third kappa shape index (κ3) is 1.67. The molecule has 0 saturated heterocycles. The molecule has 0 aliphatic heterocycles. The van der Waals surface area contributed by atoms with Crippen LogP contribution in [-0.4, -0.2) is 13.4 Å². The predicted molar refractivity (Wildman–Crippen MR) is 47.8 cm³/mol. The molecular formula is C10H9NO2. The van der Waals surface area contributed by atoms with Crippen molar-refractivity contribution < 1.29 is 9.53 Å². The second kappa shape index (κ2) is 3.72. The first-order valence-corrected chi connectivity index (χ1v) is 3.77. The minimum Gasteiger partial charge on any atom is -0.496 e. The third-order valence-electron chi connectivity index (χ3n) is 1.88. The molecule has 0 aromatic heterocycles. The Bertz CT molecular complexity index is 377. The number of benzene rings is 1. The van der Waals surface area contributed by atoms with Crippen LogP contribution >= 0.6 is 0 Å². The standard InChI is InChI=1S/C10H9NO2/c1-7-9(6-12)3-8(5-11)4-10(7)13-2/h3-4,6H,1-2H3. The summed E-state index contributed by atoms with van der Waals surface area (Å²) in [7, 11) is 1.51. The van der Waals surface area contributed by atoms with E-state index in [1.165, 1.54) is 7.11 Å². The van der Waals surface area contributed by atoms with Crippen LogP contribution in [0.2, 0.25) is 0 Å². The van der Waals surface area contributed by atoms with E-state index in [1.807, 2.05) is 6.07 Å². The first-order valence-electron chi connectivity index (χ1n) is 3.77. The highest BCUT2D eigenvalue weighted by Crippen LogP contribution is 2.22. The molecule has 0 fully saturated rings. The van der Waals surface area contributed by atoms with Crippen molar-refractivity contribution in [3.63, 3.8) is 0 Å². The van der Waals surface area contributed by atoms with Crippen LogP contribution in [0.5, 0.6) is 5.75 Å². The Morgan fingerprint density at radius 2 is 2.23 bits per heavy atom. The Kier molecular flexibility index (Phi) is 2.65. The minimum absolute atomic E-state index is 0.435. The van der Waals surface area contributed by atoms with Crippen LogP contribution in [0.25, 0.3) is 0 Å². The molecule has 66 valence electrons. The van der Waals surface area contributed by atoms with Crippen molar-refractivity contribution in [2.75, 3.05) is 7.11 Å². The molecule has 0 bridgehead atoms. The van der Waals surface area contributed by atoms with Gasteiger partial charge in [0.15, 0.2) is 0 Å². The second-order valence-electron chi connectivity index (χ2n) is 2.62. The number of nitrogens with zero attached hydrogens (tertiary/aromatic N) is 1. The van der Waals surface area contributed by atoms with Gasteiger partial charge in [0.05, 0.1) is 18.7 Å². The average molecular weight is 175 g/mol. The fourth-order valence-electron chi connectivity index (χ4n) is 1.11. The molecule has 0 amide bonds. The van der Waals surface area contributed by atoms with Gasteiger partial charge in [-0.25, -0.2) is 0 Å². The van der Waals surface area contributed by atoms with Crippen molar-refractivity contribution >= 4 is 6.29 Å². The van der Waals surface area contributed by atoms with Crippen LogP contribution < -0.4 is 4.74 Å². The molecule has 0 atom stereocenters. The van der Waals surface area contributed by atoms with Gasteiger partial charge in [-0.15, -0.1) is 0 Å². The monoisotopic (exact) mass is 175 g/mol. The maximum atomic E-state index is 10.6. The zero-order valence-corrected chi connectivity index (χ0v) is 7.50. The molecule has 3 heteroatoms. The van der Waals surface area contributed by atoms with Crippen LogP contribution in [0.15, 0.2) is 12.1 Å². The van der Waals surface area contributed by atoms with E-state index in [0.717, 1.165) is 11.8 Å². The molecule has 0 aliphatic rings. The van der Waals surface area contributed by atoms with Crippen molar-refractivity contribution in [1.82, 2.24) is 0 Å². The lowest BCUT2D eigenvalue weighted by Gasteiger charge is -2.06. The number of methoxy groups -OCH3 is 1. The third-order valence-corrected chi connectivity index (χ3v) is 1.88. The van der Waals surface area contributed by atoms with E-state index in [2.05, 4.69) is 0 Å². The summed E-state index contributed by atoms with van der Waals surface area (Å²) in [5.41, 5.74) is 1.69. The topological polar surface area (TPSA) is 50.1 Å². The summed E-state index contributed by atoms with van der Waals surface area (Å²) in [5, 5.41) is 8.65. The fraction of sp³-hybridized carbons (Fsp3) is 0.200. The number of carbonyl (C=O) groups is 1. The van der Waals surface area contributed by atoms with E-state index in [-0.39, 0.29) is 0 Å². The lowest BCUT2D eigenvalue weighted by molar-refractivity contribution is 0.112. The van der Waals surface area contributed by atoms with E-state index in [0.29, 0.717) is 16.9 Å². The molecule has 1 aromatic carbocycles. The van der Waals surface area contributed by atoms with Crippen molar-refractivity contribution in [2.45, 2.75) is 6.92 Å². The minimum atomic E-state index is 0.435. The van der Waals surface area contributed by atoms with E-state index in [1.54, 1.807) is 19.1 Å². The van der Waals surface area contributed by atoms with Crippen molar-refractivity contribution in [3.05, 3.63) is 28.8 Å². The molecule has 1 rings (SSSR count). The quantitative estimate of drug-likeness (QED) is 0.642. The zero-order chi connectivity index (χ0) is 9.84. The maximum Gasteiger partial charge on any atom is 0.150 e. The van der Waals surface area contributed by atoms with Gasteiger partial charge in [0.1, 0.15) is 12.0 Å². The Labute approximate surface area is 76.6 Å².